The number of rotatable bonds is 3. The van der Waals surface area contributed by atoms with Crippen LogP contribution in [-0.4, -0.2) is 36.5 Å². The molecule has 1 fully saturated rings. The lowest BCUT2D eigenvalue weighted by molar-refractivity contribution is -0.117. The molecule has 17 heavy (non-hydrogen) atoms. The van der Waals surface area contributed by atoms with Crippen LogP contribution in [0.25, 0.3) is 0 Å². The highest BCUT2D eigenvalue weighted by atomic mass is 127. The van der Waals surface area contributed by atoms with Gasteiger partial charge in [-0.1, -0.05) is 12.1 Å². The monoisotopic (exact) mass is 345 g/mol. The molecule has 1 aromatic rings. The Morgan fingerprint density at radius 3 is 2.94 bits per heavy atom. The zero-order valence-corrected chi connectivity index (χ0v) is 11.7. The molecular weight excluding hydrogens is 329 g/mol. The minimum atomic E-state index is 0.0308. The molecule has 92 valence electrons. The fourth-order valence-electron chi connectivity index (χ4n) is 1.96. The van der Waals surface area contributed by atoms with Crippen molar-refractivity contribution in [2.24, 2.45) is 5.73 Å². The average Bonchev–Trinajstić information content (AvgIpc) is 2.67. The second kappa shape index (κ2) is 5.79. The van der Waals surface area contributed by atoms with E-state index < -0.39 is 0 Å². The van der Waals surface area contributed by atoms with Gasteiger partial charge in [0.1, 0.15) is 0 Å². The van der Waals surface area contributed by atoms with E-state index in [-0.39, 0.29) is 11.9 Å². The van der Waals surface area contributed by atoms with E-state index in [9.17, 15) is 4.79 Å². The number of para-hydroxylation sites is 1. The van der Waals surface area contributed by atoms with Crippen molar-refractivity contribution in [1.29, 1.82) is 0 Å². The van der Waals surface area contributed by atoms with Crippen molar-refractivity contribution in [3.63, 3.8) is 0 Å². The molecule has 0 spiro atoms. The van der Waals surface area contributed by atoms with Gasteiger partial charge in [0.15, 0.2) is 0 Å². The summed E-state index contributed by atoms with van der Waals surface area (Å²) in [7, 11) is 0. The molecule has 1 aliphatic heterocycles. The summed E-state index contributed by atoms with van der Waals surface area (Å²) in [5.74, 6) is 0.0308. The summed E-state index contributed by atoms with van der Waals surface area (Å²) in [6, 6.07) is 7.98. The Morgan fingerprint density at radius 1 is 1.53 bits per heavy atom. The number of likely N-dealkylation sites (tertiary alicyclic amines) is 1. The maximum Gasteiger partial charge on any atom is 0.238 e. The van der Waals surface area contributed by atoms with Crippen LogP contribution in [0.2, 0.25) is 0 Å². The first-order valence-corrected chi connectivity index (χ1v) is 6.75. The predicted molar refractivity (Wildman–Crippen MR) is 76.8 cm³/mol. The van der Waals surface area contributed by atoms with Crippen molar-refractivity contribution in [2.75, 3.05) is 25.0 Å². The second-order valence-electron chi connectivity index (χ2n) is 4.31. The van der Waals surface area contributed by atoms with Gasteiger partial charge in [-0.25, -0.2) is 0 Å². The van der Waals surface area contributed by atoms with E-state index in [1.54, 1.807) is 0 Å². The number of carbonyl (C=O) groups is 1. The lowest BCUT2D eigenvalue weighted by Gasteiger charge is -2.15. The molecule has 0 bridgehead atoms. The van der Waals surface area contributed by atoms with Crippen LogP contribution >= 0.6 is 22.6 Å². The normalized spacial score (nSPS) is 20.5. The molecule has 4 nitrogen and oxygen atoms in total. The fourth-order valence-corrected chi connectivity index (χ4v) is 2.48. The highest BCUT2D eigenvalue weighted by Gasteiger charge is 2.21. The molecule has 1 atom stereocenters. The largest absolute Gasteiger partial charge is 0.326 e. The zero-order valence-electron chi connectivity index (χ0n) is 9.53. The van der Waals surface area contributed by atoms with Crippen molar-refractivity contribution in [3.05, 3.63) is 27.8 Å². The molecule has 0 unspecified atom stereocenters. The third-order valence-corrected chi connectivity index (χ3v) is 3.76. The van der Waals surface area contributed by atoms with E-state index in [1.165, 1.54) is 0 Å². The number of anilines is 1. The van der Waals surface area contributed by atoms with E-state index in [4.69, 9.17) is 5.73 Å². The maximum atomic E-state index is 11.8. The van der Waals surface area contributed by atoms with Crippen LogP contribution in [0.15, 0.2) is 24.3 Å². The van der Waals surface area contributed by atoms with Crippen LogP contribution in [0.5, 0.6) is 0 Å². The van der Waals surface area contributed by atoms with Crippen LogP contribution < -0.4 is 11.1 Å². The van der Waals surface area contributed by atoms with Crippen LogP contribution in [0.1, 0.15) is 6.42 Å². The quantitative estimate of drug-likeness (QED) is 0.811. The summed E-state index contributed by atoms with van der Waals surface area (Å²) in [5, 5.41) is 2.92. The predicted octanol–water partition coefficient (Wildman–Crippen LogP) is 1.26. The summed E-state index contributed by atoms with van der Waals surface area (Å²) < 4.78 is 1.05. The van der Waals surface area contributed by atoms with Gasteiger partial charge >= 0.3 is 0 Å². The van der Waals surface area contributed by atoms with Gasteiger partial charge in [0, 0.05) is 22.7 Å². The summed E-state index contributed by atoms with van der Waals surface area (Å²) in [5.41, 5.74) is 6.68. The number of hydrogen-bond acceptors (Lipinski definition) is 3. The number of benzene rings is 1. The summed E-state index contributed by atoms with van der Waals surface area (Å²) in [6.07, 6.45) is 0.982. The molecule has 0 aliphatic carbocycles. The van der Waals surface area contributed by atoms with Crippen LogP contribution in [0, 0.1) is 3.57 Å². The first-order chi connectivity index (χ1) is 8.15. The minimum Gasteiger partial charge on any atom is -0.326 e. The van der Waals surface area contributed by atoms with Crippen molar-refractivity contribution in [2.45, 2.75) is 12.5 Å². The first-order valence-electron chi connectivity index (χ1n) is 5.67. The average molecular weight is 345 g/mol. The number of nitrogens with two attached hydrogens (primary N) is 1. The number of hydrogen-bond donors (Lipinski definition) is 2. The first kappa shape index (κ1) is 12.8. The molecular formula is C12H16IN3O. The van der Waals surface area contributed by atoms with Crippen LogP contribution in [0.4, 0.5) is 5.69 Å². The van der Waals surface area contributed by atoms with Gasteiger partial charge in [-0.2, -0.15) is 0 Å². The summed E-state index contributed by atoms with van der Waals surface area (Å²) in [4.78, 5) is 13.9. The lowest BCUT2D eigenvalue weighted by Crippen LogP contribution is -2.33. The molecule has 5 heteroatoms. The van der Waals surface area contributed by atoms with Crippen LogP contribution in [0.3, 0.4) is 0 Å². The molecule has 1 amide bonds. The molecule has 1 saturated heterocycles. The third kappa shape index (κ3) is 3.65. The van der Waals surface area contributed by atoms with Crippen molar-refractivity contribution < 1.29 is 4.79 Å². The minimum absolute atomic E-state index is 0.0308. The Morgan fingerprint density at radius 2 is 2.29 bits per heavy atom. The van der Waals surface area contributed by atoms with E-state index >= 15 is 0 Å². The lowest BCUT2D eigenvalue weighted by atomic mass is 10.3. The highest BCUT2D eigenvalue weighted by Crippen LogP contribution is 2.17. The van der Waals surface area contributed by atoms with E-state index in [0.29, 0.717) is 6.54 Å². The molecule has 0 radical (unpaired) electrons. The van der Waals surface area contributed by atoms with Gasteiger partial charge in [0.2, 0.25) is 5.91 Å². The molecule has 0 aromatic heterocycles. The SMILES string of the molecule is N[C@H]1CCN(CC(=O)Nc2ccccc2I)C1. The number of nitrogens with one attached hydrogen (secondary N) is 1. The number of amides is 1. The van der Waals surface area contributed by atoms with Crippen molar-refractivity contribution in [3.8, 4) is 0 Å². The van der Waals surface area contributed by atoms with E-state index in [2.05, 4.69) is 32.8 Å². The number of carbonyl (C=O) groups excluding carboxylic acids is 1. The van der Waals surface area contributed by atoms with Crippen molar-refractivity contribution in [1.82, 2.24) is 4.90 Å². The Balaban J connectivity index is 1.87. The van der Waals surface area contributed by atoms with Crippen LogP contribution in [-0.2, 0) is 4.79 Å². The molecule has 3 N–H and O–H groups in total. The zero-order chi connectivity index (χ0) is 12.3. The summed E-state index contributed by atoms with van der Waals surface area (Å²) >= 11 is 2.21. The van der Waals surface area contributed by atoms with E-state index in [1.807, 2.05) is 24.3 Å². The Labute approximate surface area is 115 Å². The fraction of sp³-hybridized carbons (Fsp3) is 0.417. The van der Waals surface area contributed by atoms with Gasteiger partial charge in [0.05, 0.1) is 12.2 Å². The smallest absolute Gasteiger partial charge is 0.238 e. The number of halogens is 1. The Kier molecular flexibility index (Phi) is 4.36. The van der Waals surface area contributed by atoms with Gasteiger partial charge in [0.25, 0.3) is 0 Å². The van der Waals surface area contributed by atoms with Gasteiger partial charge < -0.3 is 11.1 Å². The molecule has 1 aliphatic rings. The van der Waals surface area contributed by atoms with Gasteiger partial charge in [-0.05, 0) is 41.1 Å². The van der Waals surface area contributed by atoms with E-state index in [0.717, 1.165) is 28.8 Å². The van der Waals surface area contributed by atoms with Gasteiger partial charge in [-0.3, -0.25) is 9.69 Å². The molecule has 1 heterocycles. The number of nitrogens with zero attached hydrogens (tertiary/aromatic N) is 1. The summed E-state index contributed by atoms with van der Waals surface area (Å²) in [6.45, 7) is 2.17. The molecule has 1 aromatic carbocycles. The Bertz CT molecular complexity index is 410. The molecule has 2 rings (SSSR count). The van der Waals surface area contributed by atoms with Crippen molar-refractivity contribution >= 4 is 34.2 Å². The third-order valence-electron chi connectivity index (χ3n) is 2.82. The molecule has 0 saturated carbocycles. The standard InChI is InChI=1S/C12H16IN3O/c13-10-3-1-2-4-11(10)15-12(17)8-16-6-5-9(14)7-16/h1-4,9H,5-8,14H2,(H,15,17)/t9-/m0/s1. The second-order valence-corrected chi connectivity index (χ2v) is 5.47. The highest BCUT2D eigenvalue weighted by molar-refractivity contribution is 14.1. The topological polar surface area (TPSA) is 58.4 Å². The Hall–Kier alpha value is -0.660. The maximum absolute atomic E-state index is 11.8. The van der Waals surface area contributed by atoms with Gasteiger partial charge in [-0.15, -0.1) is 0 Å².